The molecule has 0 saturated carbocycles. The maximum Gasteiger partial charge on any atom is 0.343 e. The van der Waals surface area contributed by atoms with Crippen molar-refractivity contribution in [2.24, 2.45) is 0 Å². The average molecular weight is 460 g/mol. The first-order chi connectivity index (χ1) is 16.5. The summed E-state index contributed by atoms with van der Waals surface area (Å²) in [4.78, 5) is 35.7. The summed E-state index contributed by atoms with van der Waals surface area (Å²) in [6.07, 6.45) is 1.98. The van der Waals surface area contributed by atoms with Crippen LogP contribution in [-0.2, 0) is 16.0 Å². The zero-order chi connectivity index (χ0) is 24.3. The lowest BCUT2D eigenvalue weighted by molar-refractivity contribution is -0.138. The van der Waals surface area contributed by atoms with Crippen LogP contribution in [0, 0.1) is 0 Å². The zero-order valence-corrected chi connectivity index (χ0v) is 18.7. The molecule has 3 aromatic rings. The van der Waals surface area contributed by atoms with Crippen LogP contribution in [0.3, 0.4) is 0 Å². The lowest BCUT2D eigenvalue weighted by Gasteiger charge is -2.08. The monoisotopic (exact) mass is 460 g/mol. The van der Waals surface area contributed by atoms with Crippen LogP contribution in [0.4, 0.5) is 0 Å². The molecule has 0 aliphatic heterocycles. The standard InChI is InChI=1S/C27H24O7/c1-3-19-5-11-23(12-6-19)33-27(30)21-9-15-24(16-10-21)34-26(29)20-7-13-22(14-8-20)31-17-18-32-25(28)4-2/h4-16H,2-3,17-18H2,1H3. The molecule has 174 valence electrons. The molecule has 3 aromatic carbocycles. The van der Waals surface area contributed by atoms with Crippen LogP contribution in [0.2, 0.25) is 0 Å². The third-order valence-electron chi connectivity index (χ3n) is 4.70. The predicted octanol–water partition coefficient (Wildman–Crippen LogP) is 4.80. The van der Waals surface area contributed by atoms with Gasteiger partial charge in [-0.15, -0.1) is 0 Å². The fourth-order valence-corrected chi connectivity index (χ4v) is 2.83. The molecular weight excluding hydrogens is 436 g/mol. The first kappa shape index (κ1) is 24.3. The van der Waals surface area contributed by atoms with Gasteiger partial charge >= 0.3 is 17.9 Å². The van der Waals surface area contributed by atoms with Gasteiger partial charge in [-0.2, -0.15) is 0 Å². The van der Waals surface area contributed by atoms with Crippen LogP contribution in [-0.4, -0.2) is 31.1 Å². The second-order valence-corrected chi connectivity index (χ2v) is 7.05. The van der Waals surface area contributed by atoms with E-state index in [1.54, 1.807) is 36.4 Å². The van der Waals surface area contributed by atoms with Gasteiger partial charge in [0.15, 0.2) is 0 Å². The van der Waals surface area contributed by atoms with E-state index in [0.29, 0.717) is 28.4 Å². The molecule has 0 amide bonds. The third-order valence-corrected chi connectivity index (χ3v) is 4.70. The van der Waals surface area contributed by atoms with Gasteiger partial charge in [-0.25, -0.2) is 14.4 Å². The Morgan fingerprint density at radius 2 is 1.18 bits per heavy atom. The molecule has 7 nitrogen and oxygen atoms in total. The number of carbonyl (C=O) groups is 3. The van der Waals surface area contributed by atoms with E-state index < -0.39 is 17.9 Å². The quantitative estimate of drug-likeness (QED) is 0.186. The minimum absolute atomic E-state index is 0.0866. The average Bonchev–Trinajstić information content (AvgIpc) is 2.87. The normalized spacial score (nSPS) is 10.1. The maximum atomic E-state index is 12.4. The van der Waals surface area contributed by atoms with Crippen molar-refractivity contribution < 1.29 is 33.3 Å². The SMILES string of the molecule is C=CC(=O)OCCOc1ccc(C(=O)Oc2ccc(C(=O)Oc3ccc(CC)cc3)cc2)cc1. The van der Waals surface area contributed by atoms with E-state index in [2.05, 4.69) is 6.58 Å². The molecule has 0 aromatic heterocycles. The van der Waals surface area contributed by atoms with Crippen molar-refractivity contribution in [1.29, 1.82) is 0 Å². The Morgan fingerprint density at radius 3 is 1.65 bits per heavy atom. The molecule has 0 saturated heterocycles. The zero-order valence-electron chi connectivity index (χ0n) is 18.7. The molecule has 0 bridgehead atoms. The smallest absolute Gasteiger partial charge is 0.343 e. The Morgan fingerprint density at radius 1 is 0.706 bits per heavy atom. The van der Waals surface area contributed by atoms with Crippen LogP contribution in [0.15, 0.2) is 85.5 Å². The van der Waals surface area contributed by atoms with Gasteiger partial charge in [0.25, 0.3) is 0 Å². The molecule has 0 heterocycles. The van der Waals surface area contributed by atoms with Crippen molar-refractivity contribution in [3.05, 3.63) is 102 Å². The van der Waals surface area contributed by atoms with Crippen LogP contribution in [0.1, 0.15) is 33.2 Å². The molecule has 0 radical (unpaired) electrons. The van der Waals surface area contributed by atoms with Gasteiger partial charge in [-0.3, -0.25) is 0 Å². The summed E-state index contributed by atoms with van der Waals surface area (Å²) in [5.41, 5.74) is 1.81. The number of hydrogen-bond acceptors (Lipinski definition) is 7. The predicted molar refractivity (Wildman–Crippen MR) is 125 cm³/mol. The highest BCUT2D eigenvalue weighted by atomic mass is 16.6. The van der Waals surface area contributed by atoms with Gasteiger partial charge < -0.3 is 18.9 Å². The molecule has 0 atom stereocenters. The minimum atomic E-state index is -0.558. The lowest BCUT2D eigenvalue weighted by atomic mass is 10.2. The van der Waals surface area contributed by atoms with Crippen LogP contribution in [0.25, 0.3) is 0 Å². The summed E-state index contributed by atoms with van der Waals surface area (Å²) in [5.74, 6) is -0.317. The number of rotatable bonds is 10. The maximum absolute atomic E-state index is 12.4. The summed E-state index contributed by atoms with van der Waals surface area (Å²) in [6, 6.07) is 19.8. The van der Waals surface area contributed by atoms with Gasteiger partial charge in [-0.1, -0.05) is 25.6 Å². The van der Waals surface area contributed by atoms with Gasteiger partial charge in [-0.05, 0) is 72.6 Å². The first-order valence-corrected chi connectivity index (χ1v) is 10.6. The van der Waals surface area contributed by atoms with E-state index in [4.69, 9.17) is 18.9 Å². The number of esters is 3. The Balaban J connectivity index is 1.50. The Bertz CT molecular complexity index is 1130. The summed E-state index contributed by atoms with van der Waals surface area (Å²) < 4.78 is 21.0. The van der Waals surface area contributed by atoms with Gasteiger partial charge in [0.2, 0.25) is 0 Å². The van der Waals surface area contributed by atoms with Gasteiger partial charge in [0.05, 0.1) is 11.1 Å². The molecule has 0 spiro atoms. The molecule has 7 heteroatoms. The molecule has 3 rings (SSSR count). The van der Waals surface area contributed by atoms with Crippen molar-refractivity contribution in [3.8, 4) is 17.2 Å². The summed E-state index contributed by atoms with van der Waals surface area (Å²) in [5, 5.41) is 0. The van der Waals surface area contributed by atoms with Crippen LogP contribution < -0.4 is 14.2 Å². The number of ether oxygens (including phenoxy) is 4. The van der Waals surface area contributed by atoms with E-state index in [1.807, 2.05) is 19.1 Å². The number of benzene rings is 3. The second kappa shape index (κ2) is 12.0. The Labute approximate surface area is 197 Å². The Hall–Kier alpha value is -4.39. The van der Waals surface area contributed by atoms with E-state index >= 15 is 0 Å². The van der Waals surface area contributed by atoms with E-state index in [0.717, 1.165) is 18.1 Å². The van der Waals surface area contributed by atoms with Crippen molar-refractivity contribution in [2.45, 2.75) is 13.3 Å². The van der Waals surface area contributed by atoms with Crippen molar-refractivity contribution in [3.63, 3.8) is 0 Å². The highest BCUT2D eigenvalue weighted by Gasteiger charge is 2.12. The number of aryl methyl sites for hydroxylation is 1. The van der Waals surface area contributed by atoms with E-state index in [-0.39, 0.29) is 13.2 Å². The minimum Gasteiger partial charge on any atom is -0.490 e. The van der Waals surface area contributed by atoms with Crippen molar-refractivity contribution >= 4 is 17.9 Å². The highest BCUT2D eigenvalue weighted by Crippen LogP contribution is 2.19. The summed E-state index contributed by atoms with van der Waals surface area (Å²) >= 11 is 0. The van der Waals surface area contributed by atoms with E-state index in [1.165, 1.54) is 24.3 Å². The topological polar surface area (TPSA) is 88.1 Å². The van der Waals surface area contributed by atoms with Crippen LogP contribution >= 0.6 is 0 Å². The van der Waals surface area contributed by atoms with Crippen molar-refractivity contribution in [1.82, 2.24) is 0 Å². The number of carbonyl (C=O) groups excluding carboxylic acids is 3. The molecule has 34 heavy (non-hydrogen) atoms. The molecule has 0 fully saturated rings. The largest absolute Gasteiger partial charge is 0.490 e. The molecule has 0 aliphatic carbocycles. The van der Waals surface area contributed by atoms with Crippen LogP contribution in [0.5, 0.6) is 17.2 Å². The molecule has 0 unspecified atom stereocenters. The first-order valence-electron chi connectivity index (χ1n) is 10.6. The van der Waals surface area contributed by atoms with Gasteiger partial charge in [0.1, 0.15) is 30.5 Å². The highest BCUT2D eigenvalue weighted by molar-refractivity contribution is 5.92. The third kappa shape index (κ3) is 7.06. The van der Waals surface area contributed by atoms with E-state index in [9.17, 15) is 14.4 Å². The number of hydrogen-bond donors (Lipinski definition) is 0. The Kier molecular flexibility index (Phi) is 8.57. The molecule has 0 aliphatic rings. The fraction of sp³-hybridized carbons (Fsp3) is 0.148. The lowest BCUT2D eigenvalue weighted by Crippen LogP contribution is -2.11. The van der Waals surface area contributed by atoms with Gasteiger partial charge in [0, 0.05) is 6.08 Å². The molecule has 0 N–H and O–H groups in total. The summed E-state index contributed by atoms with van der Waals surface area (Å²) in [7, 11) is 0. The molecular formula is C27H24O7. The second-order valence-electron chi connectivity index (χ2n) is 7.05. The van der Waals surface area contributed by atoms with Crippen molar-refractivity contribution in [2.75, 3.05) is 13.2 Å². The summed E-state index contributed by atoms with van der Waals surface area (Å²) in [6.45, 7) is 5.61. The fourth-order valence-electron chi connectivity index (χ4n) is 2.83.